The van der Waals surface area contributed by atoms with Gasteiger partial charge in [-0.15, -0.1) is 0 Å². The smallest absolute Gasteiger partial charge is 0.0695 e. The summed E-state index contributed by atoms with van der Waals surface area (Å²) < 4.78 is 0. The third-order valence-corrected chi connectivity index (χ3v) is 1.08. The molecular weight excluding hydrogens is 100 g/mol. The minimum Gasteiger partial charge on any atom is -0.392 e. The fraction of sp³-hybridized carbons (Fsp3) is 0.429. The molecule has 8 heavy (non-hydrogen) atoms. The van der Waals surface area contributed by atoms with Gasteiger partial charge in [0.1, 0.15) is 0 Å². The van der Waals surface area contributed by atoms with Crippen molar-refractivity contribution in [2.75, 3.05) is 0 Å². The van der Waals surface area contributed by atoms with E-state index in [1.165, 1.54) is 0 Å². The van der Waals surface area contributed by atoms with E-state index < -0.39 is 0 Å². The molecule has 0 heterocycles. The van der Waals surface area contributed by atoms with E-state index in [0.717, 1.165) is 5.57 Å². The molecule has 42 valence electrons. The van der Waals surface area contributed by atoms with E-state index in [0.29, 0.717) is 12.8 Å². The van der Waals surface area contributed by atoms with E-state index in [1.807, 2.05) is 0 Å². The highest BCUT2D eigenvalue weighted by Crippen LogP contribution is 2.08. The zero-order valence-electron chi connectivity index (χ0n) is 4.65. The predicted octanol–water partition coefficient (Wildman–Crippen LogP) is 0.701. The fourth-order valence-electron chi connectivity index (χ4n) is 0.701. The molecule has 0 aromatic carbocycles. The van der Waals surface area contributed by atoms with Crippen LogP contribution in [0.1, 0.15) is 12.8 Å². The summed E-state index contributed by atoms with van der Waals surface area (Å²) in [6.45, 7) is 3.63. The lowest BCUT2D eigenvalue weighted by Gasteiger charge is -2.08. The van der Waals surface area contributed by atoms with Gasteiger partial charge in [-0.25, -0.2) is 0 Å². The van der Waals surface area contributed by atoms with Crippen LogP contribution in [0.25, 0.3) is 0 Å². The molecule has 1 rings (SSSR count). The highest BCUT2D eigenvalue weighted by atomic mass is 16.3. The second kappa shape index (κ2) is 2.02. The zero-order valence-corrected chi connectivity index (χ0v) is 4.65. The molecule has 1 aliphatic rings. The molecule has 1 aliphatic carbocycles. The van der Waals surface area contributed by atoms with Crippen LogP contribution in [0.15, 0.2) is 12.2 Å². The Morgan fingerprint density at radius 1 is 1.75 bits per heavy atom. The van der Waals surface area contributed by atoms with Crippen LogP contribution < -0.4 is 0 Å². The van der Waals surface area contributed by atoms with Crippen LogP contribution in [-0.2, 0) is 0 Å². The van der Waals surface area contributed by atoms with E-state index in [4.69, 9.17) is 5.11 Å². The SMILES string of the molecule is C=C1C#CCC(O)C1. The maximum atomic E-state index is 8.92. The molecule has 0 spiro atoms. The maximum Gasteiger partial charge on any atom is 0.0695 e. The van der Waals surface area contributed by atoms with Crippen molar-refractivity contribution >= 4 is 0 Å². The van der Waals surface area contributed by atoms with Gasteiger partial charge in [-0.05, 0) is 5.57 Å². The minimum atomic E-state index is -0.260. The normalized spacial score (nSPS) is 26.6. The van der Waals surface area contributed by atoms with Crippen molar-refractivity contribution in [2.45, 2.75) is 18.9 Å². The molecule has 0 radical (unpaired) electrons. The van der Waals surface area contributed by atoms with Crippen molar-refractivity contribution in [3.63, 3.8) is 0 Å². The van der Waals surface area contributed by atoms with Gasteiger partial charge in [-0.1, -0.05) is 18.4 Å². The van der Waals surface area contributed by atoms with Gasteiger partial charge in [-0.2, -0.15) is 0 Å². The predicted molar refractivity (Wildman–Crippen MR) is 32.2 cm³/mol. The number of hydrogen-bond donors (Lipinski definition) is 1. The summed E-state index contributed by atoms with van der Waals surface area (Å²) in [5.41, 5.74) is 0.851. The average Bonchev–Trinajstić information content (AvgIpc) is 1.64. The number of rotatable bonds is 0. The van der Waals surface area contributed by atoms with Crippen molar-refractivity contribution in [1.82, 2.24) is 0 Å². The van der Waals surface area contributed by atoms with Gasteiger partial charge >= 0.3 is 0 Å². The van der Waals surface area contributed by atoms with Crippen molar-refractivity contribution < 1.29 is 5.11 Å². The minimum absolute atomic E-state index is 0.260. The molecule has 1 nitrogen and oxygen atoms in total. The summed E-state index contributed by atoms with van der Waals surface area (Å²) in [6, 6.07) is 0. The second-order valence-electron chi connectivity index (χ2n) is 1.97. The number of aliphatic hydroxyl groups is 1. The Balaban J connectivity index is 2.62. The van der Waals surface area contributed by atoms with Crippen LogP contribution in [0.5, 0.6) is 0 Å². The number of aliphatic hydroxyl groups excluding tert-OH is 1. The largest absolute Gasteiger partial charge is 0.392 e. The second-order valence-corrected chi connectivity index (χ2v) is 1.97. The first-order chi connectivity index (χ1) is 3.79. The van der Waals surface area contributed by atoms with Crippen molar-refractivity contribution in [3.05, 3.63) is 12.2 Å². The summed E-state index contributed by atoms with van der Waals surface area (Å²) in [7, 11) is 0. The summed E-state index contributed by atoms with van der Waals surface area (Å²) in [5, 5.41) is 8.92. The Kier molecular flexibility index (Phi) is 1.36. The van der Waals surface area contributed by atoms with Crippen LogP contribution in [0.3, 0.4) is 0 Å². The molecule has 0 saturated heterocycles. The Bertz CT molecular complexity index is 159. The van der Waals surface area contributed by atoms with Gasteiger partial charge in [0, 0.05) is 12.8 Å². The lowest BCUT2D eigenvalue weighted by Crippen LogP contribution is -2.08. The van der Waals surface area contributed by atoms with Crippen LogP contribution in [-0.4, -0.2) is 11.2 Å². The molecule has 1 heteroatoms. The van der Waals surface area contributed by atoms with Crippen molar-refractivity contribution in [1.29, 1.82) is 0 Å². The molecule has 0 aromatic heterocycles. The summed E-state index contributed by atoms with van der Waals surface area (Å²) in [4.78, 5) is 0. The third kappa shape index (κ3) is 1.11. The van der Waals surface area contributed by atoms with Gasteiger partial charge in [0.05, 0.1) is 6.10 Å². The first kappa shape index (κ1) is 5.40. The first-order valence-corrected chi connectivity index (χ1v) is 2.64. The topological polar surface area (TPSA) is 20.2 Å². The monoisotopic (exact) mass is 108 g/mol. The average molecular weight is 108 g/mol. The lowest BCUT2D eigenvalue weighted by atomic mass is 10.0. The molecule has 1 atom stereocenters. The molecule has 0 amide bonds. The molecule has 0 saturated carbocycles. The summed E-state index contributed by atoms with van der Waals surface area (Å²) >= 11 is 0. The third-order valence-electron chi connectivity index (χ3n) is 1.08. The first-order valence-electron chi connectivity index (χ1n) is 2.64. The summed E-state index contributed by atoms with van der Waals surface area (Å²) in [5.74, 6) is 5.59. The molecule has 0 aromatic rings. The van der Waals surface area contributed by atoms with Crippen LogP contribution in [0.2, 0.25) is 0 Å². The van der Waals surface area contributed by atoms with E-state index in [2.05, 4.69) is 18.4 Å². The van der Waals surface area contributed by atoms with E-state index in [9.17, 15) is 0 Å². The Labute approximate surface area is 49.0 Å². The van der Waals surface area contributed by atoms with E-state index >= 15 is 0 Å². The Morgan fingerprint density at radius 2 is 2.50 bits per heavy atom. The van der Waals surface area contributed by atoms with E-state index in [-0.39, 0.29) is 6.10 Å². The molecular formula is C7H8O. The van der Waals surface area contributed by atoms with Crippen molar-refractivity contribution in [3.8, 4) is 11.8 Å². The fourth-order valence-corrected chi connectivity index (χ4v) is 0.701. The van der Waals surface area contributed by atoms with Crippen LogP contribution in [0.4, 0.5) is 0 Å². The van der Waals surface area contributed by atoms with Gasteiger partial charge in [0.25, 0.3) is 0 Å². The molecule has 0 bridgehead atoms. The molecule has 1 N–H and O–H groups in total. The maximum absolute atomic E-state index is 8.92. The lowest BCUT2D eigenvalue weighted by molar-refractivity contribution is 0.180. The Hall–Kier alpha value is -0.740. The highest BCUT2D eigenvalue weighted by Gasteiger charge is 2.05. The van der Waals surface area contributed by atoms with Gasteiger partial charge in [0.2, 0.25) is 0 Å². The zero-order chi connectivity index (χ0) is 5.98. The van der Waals surface area contributed by atoms with Crippen molar-refractivity contribution in [2.24, 2.45) is 0 Å². The van der Waals surface area contributed by atoms with Gasteiger partial charge in [-0.3, -0.25) is 0 Å². The molecule has 0 aliphatic heterocycles. The quantitative estimate of drug-likeness (QED) is 0.453. The van der Waals surface area contributed by atoms with Crippen LogP contribution >= 0.6 is 0 Å². The van der Waals surface area contributed by atoms with E-state index in [1.54, 1.807) is 0 Å². The number of hydrogen-bond acceptors (Lipinski definition) is 1. The van der Waals surface area contributed by atoms with Crippen LogP contribution in [0, 0.1) is 11.8 Å². The Morgan fingerprint density at radius 3 is 2.88 bits per heavy atom. The standard InChI is InChI=1S/C7H8O/c1-6-3-2-4-7(8)5-6/h7-8H,1,4-5H2. The molecule has 1 unspecified atom stereocenters. The molecule has 0 fully saturated rings. The highest BCUT2D eigenvalue weighted by molar-refractivity contribution is 5.29. The van der Waals surface area contributed by atoms with Gasteiger partial charge < -0.3 is 5.11 Å². The van der Waals surface area contributed by atoms with Gasteiger partial charge in [0.15, 0.2) is 0 Å². The summed E-state index contributed by atoms with van der Waals surface area (Å²) in [6.07, 6.45) is 1.01.